The number of carbonyl (C=O) groups excluding carboxylic acids is 2. The van der Waals surface area contributed by atoms with E-state index < -0.39 is 5.91 Å². The van der Waals surface area contributed by atoms with Crippen molar-refractivity contribution >= 4 is 35.2 Å². The van der Waals surface area contributed by atoms with Crippen LogP contribution in [0.15, 0.2) is 36.0 Å². The van der Waals surface area contributed by atoms with Crippen LogP contribution in [-0.2, 0) is 9.59 Å². The van der Waals surface area contributed by atoms with Crippen molar-refractivity contribution < 1.29 is 9.59 Å². The molecule has 1 aliphatic carbocycles. The number of hydrogen-bond donors (Lipinski definition) is 4. The first-order valence-corrected chi connectivity index (χ1v) is 9.69. The van der Waals surface area contributed by atoms with Crippen LogP contribution in [0, 0.1) is 11.8 Å². The van der Waals surface area contributed by atoms with Crippen molar-refractivity contribution in [2.24, 2.45) is 11.8 Å². The third kappa shape index (κ3) is 6.67. The molecule has 1 aromatic carbocycles. The van der Waals surface area contributed by atoms with Crippen molar-refractivity contribution in [2.75, 3.05) is 0 Å². The van der Waals surface area contributed by atoms with Gasteiger partial charge in [0, 0.05) is 13.0 Å². The van der Waals surface area contributed by atoms with E-state index in [9.17, 15) is 9.59 Å². The first kappa shape index (κ1) is 20.9. The lowest BCUT2D eigenvalue weighted by Gasteiger charge is -2.35. The van der Waals surface area contributed by atoms with Crippen molar-refractivity contribution in [3.8, 4) is 0 Å². The molecule has 1 saturated carbocycles. The number of amides is 2. The molecule has 146 valence electrons. The maximum atomic E-state index is 12.5. The van der Waals surface area contributed by atoms with Crippen LogP contribution in [-0.4, -0.2) is 23.0 Å². The Kier molecular flexibility index (Phi) is 7.79. The van der Waals surface area contributed by atoms with Crippen LogP contribution in [0.5, 0.6) is 0 Å². The molecular formula is C20H28N4O2S. The van der Waals surface area contributed by atoms with Crippen LogP contribution in [0.25, 0.3) is 6.08 Å². The standard InChI is InChI=1S/C20H28N4O2S/c1-13-8-7-11-17(14(13)2)22-20(27)24-23-19(26)18(21-15(3)25)12-16-9-5-4-6-10-16/h4-6,9-10,12-14,17H,7-8,11H2,1-3H3,(H,21,25)(H,23,26)(H2,22,24,27)/b18-12-/t13-,14-,17-/m1/s1. The van der Waals surface area contributed by atoms with Crippen LogP contribution in [0.2, 0.25) is 0 Å². The van der Waals surface area contributed by atoms with E-state index in [4.69, 9.17) is 12.2 Å². The molecule has 0 heterocycles. The number of benzene rings is 1. The molecule has 1 aliphatic rings. The van der Waals surface area contributed by atoms with Crippen molar-refractivity contribution in [1.29, 1.82) is 0 Å². The zero-order chi connectivity index (χ0) is 19.8. The third-order valence-electron chi connectivity index (χ3n) is 4.98. The molecule has 4 N–H and O–H groups in total. The minimum atomic E-state index is -0.469. The molecule has 6 nitrogen and oxygen atoms in total. The fraction of sp³-hybridized carbons (Fsp3) is 0.450. The molecule has 0 bridgehead atoms. The number of hydrazine groups is 1. The first-order chi connectivity index (χ1) is 12.9. The Balaban J connectivity index is 1.93. The van der Waals surface area contributed by atoms with Gasteiger partial charge in [-0.2, -0.15) is 0 Å². The maximum absolute atomic E-state index is 12.5. The second kappa shape index (κ2) is 10.1. The summed E-state index contributed by atoms with van der Waals surface area (Å²) in [4.78, 5) is 23.9. The smallest absolute Gasteiger partial charge is 0.286 e. The zero-order valence-corrected chi connectivity index (χ0v) is 16.9. The Morgan fingerprint density at radius 2 is 1.81 bits per heavy atom. The van der Waals surface area contributed by atoms with E-state index in [0.29, 0.717) is 23.0 Å². The van der Waals surface area contributed by atoms with Crippen molar-refractivity contribution in [3.63, 3.8) is 0 Å². The van der Waals surface area contributed by atoms with E-state index >= 15 is 0 Å². The normalized spacial score (nSPS) is 22.5. The van der Waals surface area contributed by atoms with Gasteiger partial charge >= 0.3 is 0 Å². The lowest BCUT2D eigenvalue weighted by atomic mass is 9.78. The van der Waals surface area contributed by atoms with Crippen LogP contribution in [0.3, 0.4) is 0 Å². The summed E-state index contributed by atoms with van der Waals surface area (Å²) in [5.74, 6) is 0.372. The van der Waals surface area contributed by atoms with Gasteiger partial charge < -0.3 is 10.6 Å². The highest BCUT2D eigenvalue weighted by molar-refractivity contribution is 7.80. The predicted octanol–water partition coefficient (Wildman–Crippen LogP) is 2.48. The molecular weight excluding hydrogens is 360 g/mol. The molecule has 3 atom stereocenters. The van der Waals surface area contributed by atoms with E-state index in [2.05, 4.69) is 35.3 Å². The topological polar surface area (TPSA) is 82.3 Å². The van der Waals surface area contributed by atoms with Gasteiger partial charge in [0.25, 0.3) is 5.91 Å². The Bertz CT molecular complexity index is 705. The highest BCUT2D eigenvalue weighted by atomic mass is 32.1. The SMILES string of the molecule is CC(=O)N/C(=C\c1ccccc1)C(=O)NNC(=S)N[C@@H]1CCC[C@@H](C)[C@H]1C. The molecule has 0 aromatic heterocycles. The van der Waals surface area contributed by atoms with Gasteiger partial charge in [0.05, 0.1) is 0 Å². The lowest BCUT2D eigenvalue weighted by Crippen LogP contribution is -2.53. The average molecular weight is 389 g/mol. The second-order valence-corrected chi connectivity index (χ2v) is 7.48. The summed E-state index contributed by atoms with van der Waals surface area (Å²) >= 11 is 5.31. The minimum Gasteiger partial charge on any atom is -0.358 e. The summed E-state index contributed by atoms with van der Waals surface area (Å²) in [6.07, 6.45) is 5.08. The number of thiocarbonyl (C=S) groups is 1. The Morgan fingerprint density at radius 1 is 1.11 bits per heavy atom. The Morgan fingerprint density at radius 3 is 2.48 bits per heavy atom. The quantitative estimate of drug-likeness (QED) is 0.362. The zero-order valence-electron chi connectivity index (χ0n) is 16.0. The van der Waals surface area contributed by atoms with E-state index in [1.54, 1.807) is 6.08 Å². The lowest BCUT2D eigenvalue weighted by molar-refractivity contribution is -0.122. The predicted molar refractivity (Wildman–Crippen MR) is 111 cm³/mol. The van der Waals surface area contributed by atoms with Gasteiger partial charge in [-0.1, -0.05) is 57.0 Å². The summed E-state index contributed by atoms with van der Waals surface area (Å²) in [6, 6.07) is 9.59. The maximum Gasteiger partial charge on any atom is 0.286 e. The largest absolute Gasteiger partial charge is 0.358 e. The summed E-state index contributed by atoms with van der Waals surface area (Å²) in [5, 5.41) is 6.21. The fourth-order valence-corrected chi connectivity index (χ4v) is 3.44. The molecule has 1 aromatic rings. The van der Waals surface area contributed by atoms with Crippen molar-refractivity contribution in [3.05, 3.63) is 41.6 Å². The van der Waals surface area contributed by atoms with Crippen LogP contribution in [0.4, 0.5) is 0 Å². The molecule has 1 fully saturated rings. The third-order valence-corrected chi connectivity index (χ3v) is 5.20. The number of rotatable bonds is 4. The summed E-state index contributed by atoms with van der Waals surface area (Å²) in [7, 11) is 0. The van der Waals surface area contributed by atoms with Gasteiger partial charge in [0.2, 0.25) is 5.91 Å². The van der Waals surface area contributed by atoms with Gasteiger partial charge in [-0.15, -0.1) is 0 Å². The summed E-state index contributed by atoms with van der Waals surface area (Å²) < 4.78 is 0. The highest BCUT2D eigenvalue weighted by Crippen LogP contribution is 2.29. The first-order valence-electron chi connectivity index (χ1n) is 9.28. The Labute approximate surface area is 166 Å². The van der Waals surface area contributed by atoms with Gasteiger partial charge in [0.1, 0.15) is 5.70 Å². The van der Waals surface area contributed by atoms with Gasteiger partial charge in [-0.3, -0.25) is 20.4 Å². The van der Waals surface area contributed by atoms with E-state index in [1.165, 1.54) is 19.8 Å². The average Bonchev–Trinajstić information content (AvgIpc) is 2.63. The second-order valence-electron chi connectivity index (χ2n) is 7.08. The Hall–Kier alpha value is -2.41. The fourth-order valence-electron chi connectivity index (χ4n) is 3.24. The molecule has 7 heteroatoms. The van der Waals surface area contributed by atoms with Crippen LogP contribution >= 0.6 is 12.2 Å². The van der Waals surface area contributed by atoms with Crippen LogP contribution < -0.4 is 21.5 Å². The van der Waals surface area contributed by atoms with Gasteiger partial charge in [-0.05, 0) is 42.1 Å². The summed E-state index contributed by atoms with van der Waals surface area (Å²) in [5.41, 5.74) is 6.23. The van der Waals surface area contributed by atoms with Gasteiger partial charge in [-0.25, -0.2) is 0 Å². The van der Waals surface area contributed by atoms with Crippen molar-refractivity contribution in [1.82, 2.24) is 21.5 Å². The van der Waals surface area contributed by atoms with Crippen LogP contribution in [0.1, 0.15) is 45.6 Å². The highest BCUT2D eigenvalue weighted by Gasteiger charge is 2.27. The molecule has 0 aliphatic heterocycles. The molecule has 2 amide bonds. The van der Waals surface area contributed by atoms with E-state index in [0.717, 1.165) is 12.0 Å². The molecule has 0 unspecified atom stereocenters. The monoisotopic (exact) mass is 388 g/mol. The summed E-state index contributed by atoms with van der Waals surface area (Å²) in [6.45, 7) is 5.84. The van der Waals surface area contributed by atoms with Gasteiger partial charge in [0.15, 0.2) is 5.11 Å². The molecule has 0 saturated heterocycles. The van der Waals surface area contributed by atoms with Crippen molar-refractivity contribution in [2.45, 2.75) is 46.1 Å². The number of nitrogens with one attached hydrogen (secondary N) is 4. The molecule has 27 heavy (non-hydrogen) atoms. The van der Waals surface area contributed by atoms with E-state index in [1.807, 2.05) is 30.3 Å². The molecule has 0 radical (unpaired) electrons. The number of hydrogen-bond acceptors (Lipinski definition) is 3. The molecule has 0 spiro atoms. The number of carbonyl (C=O) groups is 2. The minimum absolute atomic E-state index is 0.142. The molecule has 2 rings (SSSR count). The van der Waals surface area contributed by atoms with E-state index in [-0.39, 0.29) is 11.6 Å².